The molecule has 0 bridgehead atoms. The Morgan fingerprint density at radius 1 is 1.04 bits per heavy atom. The van der Waals surface area contributed by atoms with E-state index < -0.39 is 6.04 Å². The molecule has 2 amide bonds. The van der Waals surface area contributed by atoms with E-state index in [1.165, 1.54) is 0 Å². The number of hydrogen-bond acceptors (Lipinski definition) is 3. The van der Waals surface area contributed by atoms with Gasteiger partial charge in [-0.05, 0) is 23.3 Å². The van der Waals surface area contributed by atoms with Crippen LogP contribution in [0.5, 0.6) is 5.75 Å². The largest absolute Gasteiger partial charge is 0.497 e. The van der Waals surface area contributed by atoms with Crippen LogP contribution in [0.25, 0.3) is 0 Å². The van der Waals surface area contributed by atoms with Gasteiger partial charge in [-0.15, -0.1) is 0 Å². The highest BCUT2D eigenvalue weighted by Crippen LogP contribution is 2.17. The maximum absolute atomic E-state index is 12.6. The number of ether oxygens (including phenoxy) is 1. The molecule has 0 heterocycles. The van der Waals surface area contributed by atoms with E-state index in [9.17, 15) is 9.59 Å². The lowest BCUT2D eigenvalue weighted by molar-refractivity contribution is -0.140. The summed E-state index contributed by atoms with van der Waals surface area (Å²) in [5.41, 5.74) is 1.97. The van der Waals surface area contributed by atoms with Crippen molar-refractivity contribution in [2.75, 3.05) is 14.2 Å². The third-order valence-corrected chi connectivity index (χ3v) is 4.33. The quantitative estimate of drug-likeness (QED) is 0.793. The van der Waals surface area contributed by atoms with Gasteiger partial charge in [-0.2, -0.15) is 0 Å². The summed E-state index contributed by atoms with van der Waals surface area (Å²) in [5.74, 6) is 0.545. The van der Waals surface area contributed by atoms with Crippen LogP contribution < -0.4 is 10.1 Å². The summed E-state index contributed by atoms with van der Waals surface area (Å²) in [6.45, 7) is 2.19. The first kappa shape index (κ1) is 19.5. The molecule has 1 atom stereocenters. The highest BCUT2D eigenvalue weighted by atomic mass is 16.5. The molecule has 0 radical (unpaired) electrons. The van der Waals surface area contributed by atoms with Crippen molar-refractivity contribution in [3.63, 3.8) is 0 Å². The first-order valence-electron chi connectivity index (χ1n) is 8.77. The number of rotatable bonds is 8. The van der Waals surface area contributed by atoms with Gasteiger partial charge in [0, 0.05) is 26.4 Å². The molecule has 2 rings (SSSR count). The van der Waals surface area contributed by atoms with Crippen molar-refractivity contribution in [3.05, 3.63) is 65.7 Å². The zero-order chi connectivity index (χ0) is 18.9. The fourth-order valence-electron chi connectivity index (χ4n) is 2.85. The highest BCUT2D eigenvalue weighted by molar-refractivity contribution is 5.87. The van der Waals surface area contributed by atoms with Gasteiger partial charge in [0.1, 0.15) is 11.8 Å². The third-order valence-electron chi connectivity index (χ3n) is 4.33. The molecule has 5 nitrogen and oxygen atoms in total. The molecule has 0 spiro atoms. The van der Waals surface area contributed by atoms with Gasteiger partial charge in [0.05, 0.1) is 7.11 Å². The average Bonchev–Trinajstić information content (AvgIpc) is 2.70. The predicted octanol–water partition coefficient (Wildman–Crippen LogP) is 2.79. The molecule has 0 saturated heterocycles. The highest BCUT2D eigenvalue weighted by Gasteiger charge is 2.28. The standard InChI is InChI=1S/C21H26N2O3/c1-4-20(24)23(15-17-10-12-18(26-3)13-11-17)19(21(25)22-2)14-16-8-6-5-7-9-16/h5-13,19H,4,14-15H2,1-3H3,(H,22,25)/t19-/m1/s1. The van der Waals surface area contributed by atoms with Crippen LogP contribution in [0, 0.1) is 0 Å². The summed E-state index contributed by atoms with van der Waals surface area (Å²) >= 11 is 0. The molecular formula is C21H26N2O3. The van der Waals surface area contributed by atoms with E-state index >= 15 is 0 Å². The number of carbonyl (C=O) groups is 2. The molecule has 26 heavy (non-hydrogen) atoms. The van der Waals surface area contributed by atoms with Crippen LogP contribution in [0.15, 0.2) is 54.6 Å². The van der Waals surface area contributed by atoms with Gasteiger partial charge in [0.2, 0.25) is 11.8 Å². The van der Waals surface area contributed by atoms with Crippen molar-refractivity contribution < 1.29 is 14.3 Å². The first-order valence-corrected chi connectivity index (χ1v) is 8.77. The van der Waals surface area contributed by atoms with Crippen LogP contribution in [0.2, 0.25) is 0 Å². The van der Waals surface area contributed by atoms with E-state index in [0.29, 0.717) is 19.4 Å². The number of nitrogens with one attached hydrogen (secondary N) is 1. The number of nitrogens with zero attached hydrogens (tertiary/aromatic N) is 1. The van der Waals surface area contributed by atoms with Gasteiger partial charge < -0.3 is 15.0 Å². The average molecular weight is 354 g/mol. The predicted molar refractivity (Wildman–Crippen MR) is 102 cm³/mol. The number of carbonyl (C=O) groups excluding carboxylic acids is 2. The van der Waals surface area contributed by atoms with Crippen molar-refractivity contribution in [1.29, 1.82) is 0 Å². The van der Waals surface area contributed by atoms with Gasteiger partial charge in [-0.3, -0.25) is 9.59 Å². The van der Waals surface area contributed by atoms with Crippen LogP contribution in [0.4, 0.5) is 0 Å². The number of likely N-dealkylation sites (N-methyl/N-ethyl adjacent to an activating group) is 1. The normalized spacial score (nSPS) is 11.5. The second kappa shape index (κ2) is 9.61. The van der Waals surface area contributed by atoms with Crippen molar-refractivity contribution in [3.8, 4) is 5.75 Å². The summed E-state index contributed by atoms with van der Waals surface area (Å²) in [5, 5.41) is 2.70. The molecule has 0 fully saturated rings. The lowest BCUT2D eigenvalue weighted by Crippen LogP contribution is -2.49. The van der Waals surface area contributed by atoms with Gasteiger partial charge >= 0.3 is 0 Å². The van der Waals surface area contributed by atoms with Crippen LogP contribution in [0.3, 0.4) is 0 Å². The number of hydrogen-bond donors (Lipinski definition) is 1. The monoisotopic (exact) mass is 354 g/mol. The Morgan fingerprint density at radius 2 is 1.69 bits per heavy atom. The molecule has 2 aromatic rings. The molecule has 0 aliphatic carbocycles. The topological polar surface area (TPSA) is 58.6 Å². The van der Waals surface area contributed by atoms with Crippen molar-refractivity contribution in [2.45, 2.75) is 32.4 Å². The Balaban J connectivity index is 2.29. The molecule has 138 valence electrons. The van der Waals surface area contributed by atoms with Gasteiger partial charge in [0.15, 0.2) is 0 Å². The maximum atomic E-state index is 12.6. The fourth-order valence-corrected chi connectivity index (χ4v) is 2.85. The minimum Gasteiger partial charge on any atom is -0.497 e. The van der Waals surface area contributed by atoms with Crippen LogP contribution >= 0.6 is 0 Å². The molecule has 0 aliphatic rings. The third kappa shape index (κ3) is 5.09. The smallest absolute Gasteiger partial charge is 0.242 e. The zero-order valence-electron chi connectivity index (χ0n) is 15.6. The minimum absolute atomic E-state index is 0.0506. The Labute approximate surface area is 155 Å². The summed E-state index contributed by atoms with van der Waals surface area (Å²) in [6.07, 6.45) is 0.820. The lowest BCUT2D eigenvalue weighted by atomic mass is 10.0. The van der Waals surface area contributed by atoms with Crippen molar-refractivity contribution in [2.24, 2.45) is 0 Å². The van der Waals surface area contributed by atoms with E-state index in [1.807, 2.05) is 61.5 Å². The summed E-state index contributed by atoms with van der Waals surface area (Å²) < 4.78 is 5.18. The molecule has 1 N–H and O–H groups in total. The van der Waals surface area contributed by atoms with E-state index in [4.69, 9.17) is 4.74 Å². The van der Waals surface area contributed by atoms with Crippen LogP contribution in [0.1, 0.15) is 24.5 Å². The van der Waals surface area contributed by atoms with Gasteiger partial charge in [0.25, 0.3) is 0 Å². The van der Waals surface area contributed by atoms with Gasteiger partial charge in [-0.25, -0.2) is 0 Å². The molecule has 5 heteroatoms. The van der Waals surface area contributed by atoms with E-state index in [0.717, 1.165) is 16.9 Å². The lowest BCUT2D eigenvalue weighted by Gasteiger charge is -2.31. The van der Waals surface area contributed by atoms with Crippen LogP contribution in [-0.2, 0) is 22.6 Å². The Bertz CT molecular complexity index is 714. The molecule has 2 aromatic carbocycles. The van der Waals surface area contributed by atoms with E-state index in [2.05, 4.69) is 5.32 Å². The van der Waals surface area contributed by atoms with Crippen LogP contribution in [-0.4, -0.2) is 36.9 Å². The second-order valence-electron chi connectivity index (χ2n) is 6.04. The summed E-state index contributed by atoms with van der Waals surface area (Å²) in [7, 11) is 3.21. The Hall–Kier alpha value is -2.82. The second-order valence-corrected chi connectivity index (χ2v) is 6.04. The molecular weight excluding hydrogens is 328 g/mol. The molecule has 0 unspecified atom stereocenters. The molecule has 0 aromatic heterocycles. The zero-order valence-corrected chi connectivity index (χ0v) is 15.6. The van der Waals surface area contributed by atoms with Gasteiger partial charge in [-0.1, -0.05) is 49.4 Å². The van der Waals surface area contributed by atoms with Crippen molar-refractivity contribution >= 4 is 11.8 Å². The molecule has 0 aliphatic heterocycles. The maximum Gasteiger partial charge on any atom is 0.242 e. The first-order chi connectivity index (χ1) is 12.6. The minimum atomic E-state index is -0.558. The Morgan fingerprint density at radius 3 is 2.23 bits per heavy atom. The summed E-state index contributed by atoms with van der Waals surface area (Å²) in [4.78, 5) is 26.8. The van der Waals surface area contributed by atoms with E-state index in [1.54, 1.807) is 19.1 Å². The van der Waals surface area contributed by atoms with Crippen molar-refractivity contribution in [1.82, 2.24) is 10.2 Å². The molecule has 0 saturated carbocycles. The summed E-state index contributed by atoms with van der Waals surface area (Å²) in [6, 6.07) is 16.7. The number of benzene rings is 2. The number of amides is 2. The SMILES string of the molecule is CCC(=O)N(Cc1ccc(OC)cc1)[C@H](Cc1ccccc1)C(=O)NC. The fraction of sp³-hybridized carbons (Fsp3) is 0.333. The Kier molecular flexibility index (Phi) is 7.21. The number of methoxy groups -OCH3 is 1. The van der Waals surface area contributed by atoms with E-state index in [-0.39, 0.29) is 11.8 Å².